The highest BCUT2D eigenvalue weighted by Crippen LogP contribution is 2.34. The van der Waals surface area contributed by atoms with E-state index in [-0.39, 0.29) is 5.91 Å². The second-order valence-corrected chi connectivity index (χ2v) is 9.59. The second-order valence-electron chi connectivity index (χ2n) is 9.59. The van der Waals surface area contributed by atoms with Crippen LogP contribution < -0.4 is 15.1 Å². The van der Waals surface area contributed by atoms with Gasteiger partial charge in [-0.15, -0.1) is 0 Å². The van der Waals surface area contributed by atoms with Gasteiger partial charge in [0.2, 0.25) is 0 Å². The molecule has 34 heavy (non-hydrogen) atoms. The maximum Gasteiger partial charge on any atom is 0.255 e. The van der Waals surface area contributed by atoms with Crippen LogP contribution in [0, 0.1) is 6.92 Å². The fourth-order valence-corrected chi connectivity index (χ4v) is 4.96. The predicted octanol–water partition coefficient (Wildman–Crippen LogP) is 5.27. The summed E-state index contributed by atoms with van der Waals surface area (Å²) in [6, 6.07) is 23.1. The molecule has 2 fully saturated rings. The molecule has 0 atom stereocenters. The van der Waals surface area contributed by atoms with Crippen molar-refractivity contribution in [2.75, 3.05) is 61.4 Å². The van der Waals surface area contributed by atoms with Gasteiger partial charge in [-0.25, -0.2) is 0 Å². The van der Waals surface area contributed by atoms with E-state index in [0.29, 0.717) is 5.56 Å². The predicted molar refractivity (Wildman–Crippen MR) is 142 cm³/mol. The van der Waals surface area contributed by atoms with Gasteiger partial charge in [0.05, 0.1) is 11.4 Å². The van der Waals surface area contributed by atoms with E-state index in [2.05, 4.69) is 69.5 Å². The minimum absolute atomic E-state index is 0.0689. The Labute approximate surface area is 203 Å². The van der Waals surface area contributed by atoms with Gasteiger partial charge in [-0.05, 0) is 74.3 Å². The molecule has 2 saturated heterocycles. The minimum atomic E-state index is -0.0689. The van der Waals surface area contributed by atoms with Gasteiger partial charge in [-0.1, -0.05) is 35.9 Å². The summed E-state index contributed by atoms with van der Waals surface area (Å²) < 4.78 is 0. The molecule has 0 aliphatic carbocycles. The number of amides is 1. The molecule has 1 N–H and O–H groups in total. The van der Waals surface area contributed by atoms with Crippen LogP contribution in [0.5, 0.6) is 0 Å². The summed E-state index contributed by atoms with van der Waals surface area (Å²) >= 11 is 0. The molecular formula is C29H34N4O. The molecule has 1 amide bonds. The fourth-order valence-electron chi connectivity index (χ4n) is 4.96. The summed E-state index contributed by atoms with van der Waals surface area (Å²) in [6.07, 6.45) is 2.55. The molecule has 0 bridgehead atoms. The van der Waals surface area contributed by atoms with Crippen molar-refractivity contribution in [1.29, 1.82) is 0 Å². The molecule has 2 aliphatic heterocycles. The smallest absolute Gasteiger partial charge is 0.255 e. The third-order valence-corrected chi connectivity index (χ3v) is 7.04. The number of piperazine rings is 1. The van der Waals surface area contributed by atoms with Crippen LogP contribution in [0.25, 0.3) is 11.1 Å². The van der Waals surface area contributed by atoms with Crippen LogP contribution >= 0.6 is 0 Å². The molecular weight excluding hydrogens is 420 g/mol. The lowest BCUT2D eigenvalue weighted by molar-refractivity contribution is 0.102. The van der Waals surface area contributed by atoms with Crippen LogP contribution in [0.1, 0.15) is 28.8 Å². The molecule has 5 nitrogen and oxygen atoms in total. The van der Waals surface area contributed by atoms with Crippen LogP contribution in [0.4, 0.5) is 17.1 Å². The highest BCUT2D eigenvalue weighted by Gasteiger charge is 2.19. The highest BCUT2D eigenvalue weighted by atomic mass is 16.1. The summed E-state index contributed by atoms with van der Waals surface area (Å²) in [7, 11) is 2.16. The van der Waals surface area contributed by atoms with Crippen molar-refractivity contribution < 1.29 is 4.79 Å². The number of carbonyl (C=O) groups excluding carboxylic acids is 1. The van der Waals surface area contributed by atoms with Crippen molar-refractivity contribution in [2.24, 2.45) is 0 Å². The number of rotatable bonds is 5. The average molecular weight is 455 g/mol. The van der Waals surface area contributed by atoms with E-state index in [1.807, 2.05) is 31.2 Å². The molecule has 2 aliphatic rings. The van der Waals surface area contributed by atoms with Crippen molar-refractivity contribution in [3.05, 3.63) is 77.9 Å². The molecule has 5 rings (SSSR count). The average Bonchev–Trinajstić information content (AvgIpc) is 3.40. The first-order chi connectivity index (χ1) is 16.6. The topological polar surface area (TPSA) is 38.8 Å². The van der Waals surface area contributed by atoms with Crippen LogP contribution in [0.2, 0.25) is 0 Å². The zero-order chi connectivity index (χ0) is 23.5. The number of likely N-dealkylation sites (N-methyl/N-ethyl adjacent to an activating group) is 1. The summed E-state index contributed by atoms with van der Waals surface area (Å²) in [6.45, 7) is 8.25. The Morgan fingerprint density at radius 2 is 1.47 bits per heavy atom. The molecule has 0 spiro atoms. The first-order valence-electron chi connectivity index (χ1n) is 12.4. The van der Waals surface area contributed by atoms with Crippen LogP contribution in [-0.2, 0) is 0 Å². The molecule has 0 aromatic heterocycles. The van der Waals surface area contributed by atoms with Gasteiger partial charge in [0.15, 0.2) is 0 Å². The fraction of sp³-hybridized carbons (Fsp3) is 0.345. The maximum absolute atomic E-state index is 13.1. The summed E-state index contributed by atoms with van der Waals surface area (Å²) in [5.41, 5.74) is 7.31. The van der Waals surface area contributed by atoms with Gasteiger partial charge in [0, 0.05) is 50.5 Å². The van der Waals surface area contributed by atoms with E-state index >= 15 is 0 Å². The Morgan fingerprint density at radius 1 is 0.765 bits per heavy atom. The van der Waals surface area contributed by atoms with Gasteiger partial charge in [-0.3, -0.25) is 4.79 Å². The van der Waals surface area contributed by atoms with E-state index in [0.717, 1.165) is 61.8 Å². The number of nitrogens with one attached hydrogen (secondary N) is 1. The number of anilines is 3. The number of nitrogens with zero attached hydrogens (tertiary/aromatic N) is 3. The molecule has 176 valence electrons. The first-order valence-corrected chi connectivity index (χ1v) is 12.4. The Bertz CT molecular complexity index is 1140. The molecule has 0 saturated carbocycles. The molecule has 0 unspecified atom stereocenters. The monoisotopic (exact) mass is 454 g/mol. The zero-order valence-electron chi connectivity index (χ0n) is 20.3. The van der Waals surface area contributed by atoms with Crippen LogP contribution in [0.3, 0.4) is 0 Å². The summed E-state index contributed by atoms with van der Waals surface area (Å²) in [5, 5.41) is 3.23. The van der Waals surface area contributed by atoms with Crippen molar-refractivity contribution in [3.63, 3.8) is 0 Å². The Morgan fingerprint density at radius 3 is 2.18 bits per heavy atom. The standard InChI is InChI=1S/C29H34N4O/c1-22-6-5-7-25(20-22)29(34)30-27-21-24(10-13-28(27)33-18-16-31(2)17-19-33)23-8-11-26(12-9-23)32-14-3-4-15-32/h5-13,20-21H,3-4,14-19H2,1-2H3,(H,30,34). The van der Waals surface area contributed by atoms with Gasteiger partial charge < -0.3 is 20.0 Å². The molecule has 3 aromatic rings. The largest absolute Gasteiger partial charge is 0.372 e. The van der Waals surface area contributed by atoms with E-state index < -0.39 is 0 Å². The van der Waals surface area contributed by atoms with E-state index in [4.69, 9.17) is 0 Å². The van der Waals surface area contributed by atoms with Crippen LogP contribution in [-0.4, -0.2) is 57.1 Å². The van der Waals surface area contributed by atoms with Gasteiger partial charge in [0.25, 0.3) is 5.91 Å². The van der Waals surface area contributed by atoms with Gasteiger partial charge in [0.1, 0.15) is 0 Å². The Kier molecular flexibility index (Phi) is 6.54. The molecule has 0 radical (unpaired) electrons. The highest BCUT2D eigenvalue weighted by molar-refractivity contribution is 6.06. The SMILES string of the molecule is Cc1cccc(C(=O)Nc2cc(-c3ccc(N4CCCC4)cc3)ccc2N2CCN(C)CC2)c1. The normalized spacial score (nSPS) is 16.6. The number of aryl methyl sites for hydroxylation is 1. The number of hydrogen-bond donors (Lipinski definition) is 1. The Hall–Kier alpha value is -3.31. The third kappa shape index (κ3) is 4.95. The summed E-state index contributed by atoms with van der Waals surface area (Å²) in [4.78, 5) is 20.3. The number of carbonyl (C=O) groups is 1. The lowest BCUT2D eigenvalue weighted by atomic mass is 10.0. The lowest BCUT2D eigenvalue weighted by Crippen LogP contribution is -2.44. The van der Waals surface area contributed by atoms with E-state index in [1.54, 1.807) is 0 Å². The number of hydrogen-bond acceptors (Lipinski definition) is 4. The van der Waals surface area contributed by atoms with E-state index in [1.165, 1.54) is 24.1 Å². The lowest BCUT2D eigenvalue weighted by Gasteiger charge is -2.35. The number of benzene rings is 3. The molecule has 3 aromatic carbocycles. The summed E-state index contributed by atoms with van der Waals surface area (Å²) in [5.74, 6) is -0.0689. The first kappa shape index (κ1) is 22.5. The van der Waals surface area contributed by atoms with E-state index in [9.17, 15) is 4.79 Å². The van der Waals surface area contributed by atoms with Crippen molar-refractivity contribution in [3.8, 4) is 11.1 Å². The van der Waals surface area contributed by atoms with Crippen molar-refractivity contribution >= 4 is 23.0 Å². The van der Waals surface area contributed by atoms with Crippen molar-refractivity contribution in [2.45, 2.75) is 19.8 Å². The molecule has 2 heterocycles. The molecule has 5 heteroatoms. The third-order valence-electron chi connectivity index (χ3n) is 7.04. The Balaban J connectivity index is 1.45. The quantitative estimate of drug-likeness (QED) is 0.570. The minimum Gasteiger partial charge on any atom is -0.372 e. The second kappa shape index (κ2) is 9.90. The maximum atomic E-state index is 13.1. The van der Waals surface area contributed by atoms with Crippen LogP contribution in [0.15, 0.2) is 66.7 Å². The van der Waals surface area contributed by atoms with Gasteiger partial charge in [-0.2, -0.15) is 0 Å². The zero-order valence-corrected chi connectivity index (χ0v) is 20.3. The van der Waals surface area contributed by atoms with Crippen molar-refractivity contribution in [1.82, 2.24) is 4.90 Å². The van der Waals surface area contributed by atoms with Gasteiger partial charge >= 0.3 is 0 Å².